The van der Waals surface area contributed by atoms with Crippen molar-refractivity contribution in [2.45, 2.75) is 71.0 Å². The highest BCUT2D eigenvalue weighted by Crippen LogP contribution is 2.29. The van der Waals surface area contributed by atoms with Crippen molar-refractivity contribution in [2.24, 2.45) is 0 Å². The molecule has 1 saturated carbocycles. The number of hydrogen-bond acceptors (Lipinski definition) is 5. The maximum Gasteiger partial charge on any atom is 0.244 e. The number of sulfonamides is 1. The van der Waals surface area contributed by atoms with Crippen molar-refractivity contribution in [3.63, 3.8) is 0 Å². The monoisotopic (exact) mass is 529 g/mol. The number of benzene rings is 2. The second kappa shape index (κ2) is 12.4. The Morgan fingerprint density at radius 3 is 2.22 bits per heavy atom. The number of rotatable bonds is 11. The summed E-state index contributed by atoms with van der Waals surface area (Å²) in [6.45, 7) is 5.41. The van der Waals surface area contributed by atoms with E-state index in [1.807, 2.05) is 38.1 Å². The zero-order valence-electron chi connectivity index (χ0n) is 22.4. The molecule has 0 aliphatic heterocycles. The summed E-state index contributed by atoms with van der Waals surface area (Å²) in [5.74, 6) is 0.0559. The molecular formula is C28H39N3O5S. The quantitative estimate of drug-likeness (QED) is 0.474. The lowest BCUT2D eigenvalue weighted by atomic mass is 10.0. The molecule has 1 aliphatic carbocycles. The first-order valence-corrected chi connectivity index (χ1v) is 14.7. The van der Waals surface area contributed by atoms with Gasteiger partial charge in [-0.15, -0.1) is 0 Å². The van der Waals surface area contributed by atoms with E-state index in [2.05, 4.69) is 5.32 Å². The molecule has 0 aromatic heterocycles. The minimum atomic E-state index is -3.78. The summed E-state index contributed by atoms with van der Waals surface area (Å²) in [6, 6.07) is 13.8. The van der Waals surface area contributed by atoms with E-state index in [1.54, 1.807) is 38.3 Å². The Kier molecular flexibility index (Phi) is 9.59. The summed E-state index contributed by atoms with van der Waals surface area (Å²) in [7, 11) is -2.20. The first-order valence-electron chi connectivity index (χ1n) is 12.8. The summed E-state index contributed by atoms with van der Waals surface area (Å²) in [5.41, 5.74) is 2.11. The lowest BCUT2D eigenvalue weighted by molar-refractivity contribution is -0.139. The number of nitrogens with zero attached hydrogens (tertiary/aromatic N) is 2. The number of hydrogen-bond donors (Lipinski definition) is 1. The van der Waals surface area contributed by atoms with Crippen molar-refractivity contribution < 1.29 is 22.7 Å². The number of amides is 2. The van der Waals surface area contributed by atoms with Crippen LogP contribution in [0.3, 0.4) is 0 Å². The lowest BCUT2D eigenvalue weighted by Gasteiger charge is -2.32. The van der Waals surface area contributed by atoms with Gasteiger partial charge in [0, 0.05) is 12.6 Å². The Balaban J connectivity index is 1.92. The first-order chi connectivity index (χ1) is 17.5. The molecule has 1 fully saturated rings. The second-order valence-corrected chi connectivity index (χ2v) is 11.9. The van der Waals surface area contributed by atoms with Gasteiger partial charge in [0.1, 0.15) is 18.3 Å². The molecule has 0 bridgehead atoms. The largest absolute Gasteiger partial charge is 0.497 e. The third-order valence-electron chi connectivity index (χ3n) is 6.89. The van der Waals surface area contributed by atoms with E-state index in [0.717, 1.165) is 47.4 Å². The topological polar surface area (TPSA) is 96.0 Å². The van der Waals surface area contributed by atoms with Crippen LogP contribution < -0.4 is 14.4 Å². The summed E-state index contributed by atoms with van der Waals surface area (Å²) >= 11 is 0. The molecule has 2 amide bonds. The fourth-order valence-corrected chi connectivity index (χ4v) is 5.57. The van der Waals surface area contributed by atoms with Crippen LogP contribution in [-0.4, -0.2) is 57.1 Å². The molecule has 1 aliphatic rings. The van der Waals surface area contributed by atoms with Gasteiger partial charge in [-0.3, -0.25) is 13.9 Å². The van der Waals surface area contributed by atoms with Crippen LogP contribution in [-0.2, 0) is 26.2 Å². The van der Waals surface area contributed by atoms with E-state index in [4.69, 9.17) is 4.74 Å². The number of anilines is 1. The van der Waals surface area contributed by atoms with Gasteiger partial charge in [-0.2, -0.15) is 0 Å². The van der Waals surface area contributed by atoms with Gasteiger partial charge in [0.2, 0.25) is 21.8 Å². The van der Waals surface area contributed by atoms with Gasteiger partial charge in [0.15, 0.2) is 0 Å². The van der Waals surface area contributed by atoms with Gasteiger partial charge in [-0.25, -0.2) is 8.42 Å². The van der Waals surface area contributed by atoms with Crippen LogP contribution >= 0.6 is 0 Å². The highest BCUT2D eigenvalue weighted by molar-refractivity contribution is 7.92. The van der Waals surface area contributed by atoms with E-state index < -0.39 is 28.5 Å². The maximum atomic E-state index is 13.8. The first kappa shape index (κ1) is 28.5. The van der Waals surface area contributed by atoms with Crippen LogP contribution in [0, 0.1) is 0 Å². The molecule has 0 unspecified atom stereocenters. The third-order valence-corrected chi connectivity index (χ3v) is 8.01. The van der Waals surface area contributed by atoms with Crippen LogP contribution in [0.15, 0.2) is 48.5 Å². The van der Waals surface area contributed by atoms with E-state index >= 15 is 0 Å². The predicted octanol–water partition coefficient (Wildman–Crippen LogP) is 4.06. The molecule has 3 rings (SSSR count). The Morgan fingerprint density at radius 1 is 1.03 bits per heavy atom. The second-order valence-electron chi connectivity index (χ2n) is 10.0. The molecule has 2 aromatic rings. The molecule has 2 aromatic carbocycles. The van der Waals surface area contributed by atoms with Gasteiger partial charge in [-0.05, 0) is 55.0 Å². The lowest BCUT2D eigenvalue weighted by Crippen LogP contribution is -2.52. The minimum absolute atomic E-state index is 0.0575. The Morgan fingerprint density at radius 2 is 1.65 bits per heavy atom. The van der Waals surface area contributed by atoms with Crippen LogP contribution in [0.1, 0.15) is 63.5 Å². The Labute approximate surface area is 221 Å². The molecule has 8 nitrogen and oxygen atoms in total. The highest BCUT2D eigenvalue weighted by Gasteiger charge is 2.32. The van der Waals surface area contributed by atoms with Crippen molar-refractivity contribution >= 4 is 27.5 Å². The number of carbonyl (C=O) groups is 2. The number of methoxy groups -OCH3 is 1. The van der Waals surface area contributed by atoms with E-state index in [0.29, 0.717) is 11.4 Å². The van der Waals surface area contributed by atoms with Gasteiger partial charge >= 0.3 is 0 Å². The van der Waals surface area contributed by atoms with Crippen LogP contribution in [0.2, 0.25) is 0 Å². The summed E-state index contributed by atoms with van der Waals surface area (Å²) in [5, 5.41) is 3.07. The van der Waals surface area contributed by atoms with Crippen molar-refractivity contribution in [1.29, 1.82) is 0 Å². The van der Waals surface area contributed by atoms with Crippen molar-refractivity contribution in [3.8, 4) is 5.75 Å². The Bertz CT molecular complexity index is 1170. The zero-order valence-corrected chi connectivity index (χ0v) is 23.3. The highest BCUT2D eigenvalue weighted by atomic mass is 32.2. The molecule has 1 N–H and O–H groups in total. The smallest absolute Gasteiger partial charge is 0.244 e. The van der Waals surface area contributed by atoms with Crippen LogP contribution in [0.5, 0.6) is 5.75 Å². The van der Waals surface area contributed by atoms with E-state index in [-0.39, 0.29) is 24.4 Å². The van der Waals surface area contributed by atoms with Crippen LogP contribution in [0.25, 0.3) is 0 Å². The molecular weight excluding hydrogens is 490 g/mol. The molecule has 202 valence electrons. The van der Waals surface area contributed by atoms with E-state index in [1.165, 1.54) is 4.90 Å². The molecule has 0 saturated heterocycles. The van der Waals surface area contributed by atoms with Gasteiger partial charge in [-0.1, -0.05) is 57.0 Å². The molecule has 0 radical (unpaired) electrons. The number of nitrogens with one attached hydrogen (secondary N) is 1. The van der Waals surface area contributed by atoms with Crippen molar-refractivity contribution in [2.75, 3.05) is 24.2 Å². The standard InChI is InChI=1S/C28H39N3O5S/c1-20(2)25-12-8-9-13-26(25)31(37(5,34)35)19-27(32)30(18-22-14-16-24(36-4)17-15-22)21(3)28(33)29-23-10-6-7-11-23/h8-9,12-17,20-21,23H,6-7,10-11,18-19H2,1-5H3,(H,29,33)/t21-/m1/s1. The van der Waals surface area contributed by atoms with Crippen molar-refractivity contribution in [3.05, 3.63) is 59.7 Å². The average Bonchev–Trinajstić information content (AvgIpc) is 3.38. The van der Waals surface area contributed by atoms with Crippen molar-refractivity contribution in [1.82, 2.24) is 10.2 Å². The summed E-state index contributed by atoms with van der Waals surface area (Å²) in [6.07, 6.45) is 5.11. The average molecular weight is 530 g/mol. The maximum absolute atomic E-state index is 13.8. The fraction of sp³-hybridized carbons (Fsp3) is 0.500. The van der Waals surface area contributed by atoms with E-state index in [9.17, 15) is 18.0 Å². The number of carbonyl (C=O) groups excluding carboxylic acids is 2. The summed E-state index contributed by atoms with van der Waals surface area (Å²) < 4.78 is 32.2. The normalized spacial score (nSPS) is 14.9. The molecule has 37 heavy (non-hydrogen) atoms. The molecule has 1 atom stereocenters. The molecule has 0 heterocycles. The van der Waals surface area contributed by atoms with Crippen LogP contribution in [0.4, 0.5) is 5.69 Å². The van der Waals surface area contributed by atoms with Gasteiger partial charge < -0.3 is 15.0 Å². The third kappa shape index (κ3) is 7.47. The predicted molar refractivity (Wildman–Crippen MR) is 146 cm³/mol. The fourth-order valence-electron chi connectivity index (χ4n) is 4.70. The number of para-hydroxylation sites is 1. The van der Waals surface area contributed by atoms with Gasteiger partial charge in [0.25, 0.3) is 0 Å². The van der Waals surface area contributed by atoms with Gasteiger partial charge in [0.05, 0.1) is 19.1 Å². The SMILES string of the molecule is COc1ccc(CN(C(=O)CN(c2ccccc2C(C)C)S(C)(=O)=O)[C@H](C)C(=O)NC2CCCC2)cc1. The minimum Gasteiger partial charge on any atom is -0.497 e. The Hall–Kier alpha value is -3.07. The zero-order chi connectivity index (χ0) is 27.2. The molecule has 0 spiro atoms. The number of ether oxygens (including phenoxy) is 1. The summed E-state index contributed by atoms with van der Waals surface area (Å²) in [4.78, 5) is 28.4. The molecule has 9 heteroatoms.